The van der Waals surface area contributed by atoms with Crippen LogP contribution in [0.5, 0.6) is 0 Å². The molecule has 1 fully saturated rings. The Morgan fingerprint density at radius 2 is 2.38 bits per heavy atom. The molecule has 1 aromatic rings. The second kappa shape index (κ2) is 4.55. The molecule has 1 aromatic heterocycles. The fourth-order valence-corrected chi connectivity index (χ4v) is 3.14. The van der Waals surface area contributed by atoms with Crippen molar-refractivity contribution in [2.45, 2.75) is 24.9 Å². The first-order valence-corrected chi connectivity index (χ1v) is 6.50. The maximum atomic E-state index is 11.2. The first-order valence-electron chi connectivity index (χ1n) is 4.83. The molecule has 1 aliphatic rings. The molecule has 0 saturated heterocycles. The molecular weight excluding hydrogens is 294 g/mol. The minimum atomic E-state index is -0.978. The molecule has 4 nitrogen and oxygen atoms in total. The Morgan fingerprint density at radius 1 is 1.69 bits per heavy atom. The van der Waals surface area contributed by atoms with Gasteiger partial charge in [-0.05, 0) is 34.8 Å². The number of carbonyl (C=O) groups excluding carboxylic acids is 1. The van der Waals surface area contributed by atoms with Crippen LogP contribution in [0.2, 0.25) is 0 Å². The largest absolute Gasteiger partial charge is 0.479 e. The van der Waals surface area contributed by atoms with Gasteiger partial charge in [0.25, 0.3) is 0 Å². The van der Waals surface area contributed by atoms with Crippen molar-refractivity contribution in [2.24, 2.45) is 0 Å². The number of carbonyl (C=O) groups is 2. The number of halogens is 1. The van der Waals surface area contributed by atoms with E-state index in [2.05, 4.69) is 15.9 Å². The van der Waals surface area contributed by atoms with E-state index in [4.69, 9.17) is 0 Å². The second-order valence-corrected chi connectivity index (χ2v) is 5.55. The van der Waals surface area contributed by atoms with Gasteiger partial charge in [0.2, 0.25) is 6.41 Å². The molecule has 1 saturated carbocycles. The van der Waals surface area contributed by atoms with Crippen LogP contribution in [-0.4, -0.2) is 28.4 Å². The highest BCUT2D eigenvalue weighted by Gasteiger charge is 2.38. The highest BCUT2D eigenvalue weighted by molar-refractivity contribution is 9.10. The molecule has 1 aliphatic carbocycles. The molecular formula is C10H10BrNO3S. The Kier molecular flexibility index (Phi) is 3.30. The smallest absolute Gasteiger partial charge is 0.331 e. The molecule has 1 heterocycles. The number of carboxylic acid groups (broad SMARTS) is 1. The normalized spacial score (nSPS) is 16.8. The lowest BCUT2D eigenvalue weighted by atomic mass is 10.2. The molecule has 1 atom stereocenters. The third-order valence-electron chi connectivity index (χ3n) is 2.48. The van der Waals surface area contributed by atoms with Crippen molar-refractivity contribution in [1.82, 2.24) is 4.90 Å². The molecule has 0 aromatic carbocycles. The summed E-state index contributed by atoms with van der Waals surface area (Å²) in [6, 6.07) is 1.00. The monoisotopic (exact) mass is 303 g/mol. The van der Waals surface area contributed by atoms with E-state index in [1.165, 1.54) is 16.2 Å². The Morgan fingerprint density at radius 3 is 2.75 bits per heavy atom. The van der Waals surface area contributed by atoms with Gasteiger partial charge in [0.05, 0.1) is 0 Å². The third-order valence-corrected chi connectivity index (χ3v) is 4.23. The van der Waals surface area contributed by atoms with E-state index in [0.29, 0.717) is 11.3 Å². The lowest BCUT2D eigenvalue weighted by Crippen LogP contribution is -2.34. The second-order valence-electron chi connectivity index (χ2n) is 3.69. The van der Waals surface area contributed by atoms with Crippen LogP contribution in [0.4, 0.5) is 0 Å². The number of rotatable bonds is 5. The zero-order valence-corrected chi connectivity index (χ0v) is 10.7. The van der Waals surface area contributed by atoms with Crippen LogP contribution in [-0.2, 0) is 9.59 Å². The maximum Gasteiger partial charge on any atom is 0.331 e. The summed E-state index contributed by atoms with van der Waals surface area (Å²) >= 11 is 4.63. The SMILES string of the molecule is O=CN(C1CC1)C(C(=O)O)c1cc(Br)cs1. The van der Waals surface area contributed by atoms with Crippen LogP contribution in [0.1, 0.15) is 23.8 Å². The summed E-state index contributed by atoms with van der Waals surface area (Å²) in [5, 5.41) is 11.0. The molecule has 0 bridgehead atoms. The number of thiophene rings is 1. The Balaban J connectivity index is 2.28. The van der Waals surface area contributed by atoms with Crippen LogP contribution >= 0.6 is 27.3 Å². The van der Waals surface area contributed by atoms with Gasteiger partial charge in [-0.1, -0.05) is 0 Å². The van der Waals surface area contributed by atoms with Gasteiger partial charge in [0.15, 0.2) is 6.04 Å². The van der Waals surface area contributed by atoms with Gasteiger partial charge in [-0.15, -0.1) is 11.3 Å². The summed E-state index contributed by atoms with van der Waals surface area (Å²) in [5.41, 5.74) is 0. The first kappa shape index (κ1) is 11.6. The maximum absolute atomic E-state index is 11.2. The zero-order valence-electron chi connectivity index (χ0n) is 8.30. The Hall–Kier alpha value is -0.880. The third kappa shape index (κ3) is 2.27. The topological polar surface area (TPSA) is 57.6 Å². The van der Waals surface area contributed by atoms with Crippen LogP contribution in [0.15, 0.2) is 15.9 Å². The minimum Gasteiger partial charge on any atom is -0.479 e. The van der Waals surface area contributed by atoms with Crippen molar-refractivity contribution in [3.63, 3.8) is 0 Å². The number of hydrogen-bond donors (Lipinski definition) is 1. The molecule has 0 aliphatic heterocycles. The van der Waals surface area contributed by atoms with Crippen molar-refractivity contribution >= 4 is 39.6 Å². The van der Waals surface area contributed by atoms with E-state index in [1.54, 1.807) is 6.07 Å². The summed E-state index contributed by atoms with van der Waals surface area (Å²) in [7, 11) is 0. The molecule has 0 radical (unpaired) electrons. The fraction of sp³-hybridized carbons (Fsp3) is 0.400. The number of nitrogens with zero attached hydrogens (tertiary/aromatic N) is 1. The van der Waals surface area contributed by atoms with Gasteiger partial charge in [-0.2, -0.15) is 0 Å². The summed E-state index contributed by atoms with van der Waals surface area (Å²) in [6.45, 7) is 0. The number of hydrogen-bond acceptors (Lipinski definition) is 3. The average Bonchev–Trinajstić information content (AvgIpc) is 2.98. The minimum absolute atomic E-state index is 0.0967. The predicted octanol–water partition coefficient (Wildman–Crippen LogP) is 2.26. The van der Waals surface area contributed by atoms with E-state index in [0.717, 1.165) is 17.3 Å². The predicted molar refractivity (Wildman–Crippen MR) is 63.3 cm³/mol. The molecule has 1 N–H and O–H groups in total. The van der Waals surface area contributed by atoms with E-state index >= 15 is 0 Å². The van der Waals surface area contributed by atoms with Gasteiger partial charge in [0.1, 0.15) is 0 Å². The molecule has 1 amide bonds. The summed E-state index contributed by atoms with van der Waals surface area (Å²) < 4.78 is 0.848. The Bertz CT molecular complexity index is 416. The number of carboxylic acids is 1. The lowest BCUT2D eigenvalue weighted by molar-refractivity contribution is -0.147. The molecule has 1 unspecified atom stereocenters. The highest BCUT2D eigenvalue weighted by Crippen LogP contribution is 2.36. The highest BCUT2D eigenvalue weighted by atomic mass is 79.9. The van der Waals surface area contributed by atoms with Gasteiger partial charge in [-0.3, -0.25) is 4.79 Å². The van der Waals surface area contributed by atoms with Crippen molar-refractivity contribution < 1.29 is 14.7 Å². The van der Waals surface area contributed by atoms with Crippen molar-refractivity contribution in [3.8, 4) is 0 Å². The van der Waals surface area contributed by atoms with Crippen molar-refractivity contribution in [3.05, 3.63) is 20.8 Å². The standard InChI is InChI=1S/C10H10BrNO3S/c11-6-3-8(16-4-6)9(10(14)15)12(5-13)7-1-2-7/h3-5,7,9H,1-2H2,(H,14,15). The van der Waals surface area contributed by atoms with Crippen LogP contribution in [0.25, 0.3) is 0 Å². The summed E-state index contributed by atoms with van der Waals surface area (Å²) in [4.78, 5) is 24.3. The fourth-order valence-electron chi connectivity index (χ4n) is 1.60. The zero-order chi connectivity index (χ0) is 11.7. The first-order chi connectivity index (χ1) is 7.63. The molecule has 86 valence electrons. The number of amides is 1. The Labute approximate surface area is 105 Å². The van der Waals surface area contributed by atoms with Crippen molar-refractivity contribution in [1.29, 1.82) is 0 Å². The van der Waals surface area contributed by atoms with E-state index in [-0.39, 0.29) is 6.04 Å². The summed E-state index contributed by atoms with van der Waals surface area (Å²) in [5.74, 6) is -0.978. The lowest BCUT2D eigenvalue weighted by Gasteiger charge is -2.23. The van der Waals surface area contributed by atoms with E-state index in [9.17, 15) is 14.7 Å². The number of aliphatic carboxylic acids is 1. The van der Waals surface area contributed by atoms with Crippen LogP contribution in [0, 0.1) is 0 Å². The van der Waals surface area contributed by atoms with E-state index in [1.807, 2.05) is 5.38 Å². The van der Waals surface area contributed by atoms with Gasteiger partial charge in [-0.25, -0.2) is 4.79 Å². The summed E-state index contributed by atoms with van der Waals surface area (Å²) in [6.07, 6.45) is 2.44. The quantitative estimate of drug-likeness (QED) is 0.849. The molecule has 0 spiro atoms. The van der Waals surface area contributed by atoms with Gasteiger partial charge < -0.3 is 10.0 Å². The van der Waals surface area contributed by atoms with Crippen LogP contribution < -0.4 is 0 Å². The van der Waals surface area contributed by atoms with E-state index < -0.39 is 12.0 Å². The van der Waals surface area contributed by atoms with Gasteiger partial charge >= 0.3 is 5.97 Å². The molecule has 2 rings (SSSR count). The van der Waals surface area contributed by atoms with Crippen LogP contribution in [0.3, 0.4) is 0 Å². The van der Waals surface area contributed by atoms with Gasteiger partial charge in [0, 0.05) is 20.8 Å². The molecule has 16 heavy (non-hydrogen) atoms. The average molecular weight is 304 g/mol. The van der Waals surface area contributed by atoms with Crippen molar-refractivity contribution in [2.75, 3.05) is 0 Å². The molecule has 6 heteroatoms.